The highest BCUT2D eigenvalue weighted by Gasteiger charge is 2.32. The van der Waals surface area contributed by atoms with E-state index in [9.17, 15) is 25.5 Å². The summed E-state index contributed by atoms with van der Waals surface area (Å²) in [6, 6.07) is 18.7. The van der Waals surface area contributed by atoms with Gasteiger partial charge in [-0.05, 0) is 17.7 Å². The lowest BCUT2D eigenvalue weighted by Crippen LogP contribution is -2.30. The first kappa shape index (κ1) is 18.4. The second-order valence-corrected chi connectivity index (χ2v) is 6.15. The fourth-order valence-corrected chi connectivity index (χ4v) is 2.85. The molecule has 6 nitrogen and oxygen atoms in total. The molecule has 0 saturated carbocycles. The molecule has 3 aromatic carbocycles. The molecule has 0 bridgehead atoms. The Kier molecular flexibility index (Phi) is 5.38. The van der Waals surface area contributed by atoms with Gasteiger partial charge in [-0.15, -0.1) is 0 Å². The third-order valence-electron chi connectivity index (χ3n) is 4.18. The minimum absolute atomic E-state index is 0.143. The summed E-state index contributed by atoms with van der Waals surface area (Å²) in [6.45, 7) is 0. The largest absolute Gasteiger partial charge is 0.508 e. The van der Waals surface area contributed by atoms with Crippen molar-refractivity contribution >= 4 is 0 Å². The standard InChI is InChI=1S/C15H14O6.C6H6/c16-8-4-11(18)9-6-13(20)15(21-14(9)5-8)7-1-2-10(17)12(19)3-7;1-2-4-6-5-3-1/h1-5,13,15-20H,6H2;1-6H/t13-,15+;/m0./s1. The van der Waals surface area contributed by atoms with Crippen molar-refractivity contribution in [1.82, 2.24) is 0 Å². The second kappa shape index (κ2) is 7.88. The van der Waals surface area contributed by atoms with Gasteiger partial charge < -0.3 is 30.3 Å². The molecule has 4 rings (SSSR count). The summed E-state index contributed by atoms with van der Waals surface area (Å²) in [6.07, 6.45) is -1.56. The van der Waals surface area contributed by atoms with Crippen LogP contribution in [0.4, 0.5) is 0 Å². The highest BCUT2D eigenvalue weighted by Crippen LogP contribution is 2.42. The van der Waals surface area contributed by atoms with Gasteiger partial charge in [-0.1, -0.05) is 42.5 Å². The molecule has 0 aliphatic carbocycles. The number of aromatic hydroxyl groups is 4. The molecule has 1 aliphatic heterocycles. The Labute approximate surface area is 156 Å². The van der Waals surface area contributed by atoms with Crippen LogP contribution in [0.5, 0.6) is 28.7 Å². The van der Waals surface area contributed by atoms with Crippen LogP contribution in [0.15, 0.2) is 66.7 Å². The zero-order valence-corrected chi connectivity index (χ0v) is 14.4. The van der Waals surface area contributed by atoms with Gasteiger partial charge in [0.1, 0.15) is 23.4 Å². The summed E-state index contributed by atoms with van der Waals surface area (Å²) in [7, 11) is 0. The van der Waals surface area contributed by atoms with Crippen LogP contribution >= 0.6 is 0 Å². The van der Waals surface area contributed by atoms with E-state index in [1.54, 1.807) is 0 Å². The molecule has 3 aromatic rings. The van der Waals surface area contributed by atoms with Crippen molar-refractivity contribution in [3.8, 4) is 28.7 Å². The number of aliphatic hydroxyl groups excluding tert-OH is 1. The van der Waals surface area contributed by atoms with E-state index in [2.05, 4.69) is 0 Å². The van der Waals surface area contributed by atoms with Crippen LogP contribution in [0, 0.1) is 0 Å². The highest BCUT2D eigenvalue weighted by atomic mass is 16.5. The zero-order chi connectivity index (χ0) is 19.4. The lowest BCUT2D eigenvalue weighted by molar-refractivity contribution is 0.0197. The Hall–Kier alpha value is -3.38. The molecule has 0 amide bonds. The van der Waals surface area contributed by atoms with E-state index in [1.807, 2.05) is 36.4 Å². The van der Waals surface area contributed by atoms with E-state index in [0.717, 1.165) is 0 Å². The minimum Gasteiger partial charge on any atom is -0.508 e. The van der Waals surface area contributed by atoms with E-state index in [0.29, 0.717) is 11.1 Å². The quantitative estimate of drug-likeness (QED) is 0.422. The molecule has 0 radical (unpaired) electrons. The van der Waals surface area contributed by atoms with E-state index < -0.39 is 12.2 Å². The van der Waals surface area contributed by atoms with Crippen LogP contribution in [0.25, 0.3) is 0 Å². The Balaban J connectivity index is 0.000000299. The van der Waals surface area contributed by atoms with Gasteiger partial charge in [-0.3, -0.25) is 0 Å². The van der Waals surface area contributed by atoms with Crippen LogP contribution in [0.2, 0.25) is 0 Å². The number of ether oxygens (including phenoxy) is 1. The Morgan fingerprint density at radius 3 is 1.96 bits per heavy atom. The maximum absolute atomic E-state index is 10.2. The predicted octanol–water partition coefficient (Wildman–Crippen LogP) is 3.23. The minimum atomic E-state index is -0.933. The molecular weight excluding hydrogens is 348 g/mol. The molecule has 5 N–H and O–H groups in total. The molecule has 1 heterocycles. The van der Waals surface area contributed by atoms with Crippen molar-refractivity contribution in [2.45, 2.75) is 18.6 Å². The van der Waals surface area contributed by atoms with Crippen molar-refractivity contribution in [2.24, 2.45) is 0 Å². The van der Waals surface area contributed by atoms with Crippen molar-refractivity contribution in [2.75, 3.05) is 0 Å². The topological polar surface area (TPSA) is 110 Å². The van der Waals surface area contributed by atoms with Crippen molar-refractivity contribution in [1.29, 1.82) is 0 Å². The summed E-state index contributed by atoms with van der Waals surface area (Å²) >= 11 is 0. The Morgan fingerprint density at radius 1 is 0.741 bits per heavy atom. The van der Waals surface area contributed by atoms with Gasteiger partial charge in [-0.2, -0.15) is 0 Å². The lowest BCUT2D eigenvalue weighted by atomic mass is 9.94. The molecule has 27 heavy (non-hydrogen) atoms. The van der Waals surface area contributed by atoms with Gasteiger partial charge in [0.25, 0.3) is 0 Å². The van der Waals surface area contributed by atoms with Crippen molar-refractivity contribution in [3.63, 3.8) is 0 Å². The molecule has 2 atom stereocenters. The summed E-state index contributed by atoms with van der Waals surface area (Å²) in [5, 5.41) is 48.3. The highest BCUT2D eigenvalue weighted by molar-refractivity contribution is 5.52. The van der Waals surface area contributed by atoms with Crippen LogP contribution in [0.1, 0.15) is 17.2 Å². The molecule has 0 spiro atoms. The molecule has 1 aliphatic rings. The lowest BCUT2D eigenvalue weighted by Gasteiger charge is -2.31. The second-order valence-electron chi connectivity index (χ2n) is 6.15. The number of rotatable bonds is 1. The van der Waals surface area contributed by atoms with E-state index in [4.69, 9.17) is 4.74 Å². The first-order chi connectivity index (χ1) is 13.0. The number of fused-ring (bicyclic) bond motifs is 1. The van der Waals surface area contributed by atoms with Gasteiger partial charge in [0.2, 0.25) is 0 Å². The molecule has 0 unspecified atom stereocenters. The molecule has 140 valence electrons. The first-order valence-electron chi connectivity index (χ1n) is 8.37. The predicted molar refractivity (Wildman–Crippen MR) is 99.1 cm³/mol. The fourth-order valence-electron chi connectivity index (χ4n) is 2.85. The average Bonchev–Trinajstić information content (AvgIpc) is 2.66. The van der Waals surface area contributed by atoms with Crippen molar-refractivity contribution in [3.05, 3.63) is 77.9 Å². The smallest absolute Gasteiger partial charge is 0.157 e. The summed E-state index contributed by atoms with van der Waals surface area (Å²) in [5.41, 5.74) is 0.894. The van der Waals surface area contributed by atoms with Gasteiger partial charge in [0.05, 0.1) is 6.10 Å². The number of phenolic OH excluding ortho intramolecular Hbond substituents is 4. The number of benzene rings is 3. The van der Waals surface area contributed by atoms with E-state index in [-0.39, 0.29) is 35.2 Å². The third-order valence-corrected chi connectivity index (χ3v) is 4.18. The number of hydrogen-bond acceptors (Lipinski definition) is 6. The summed E-state index contributed by atoms with van der Waals surface area (Å²) in [5.74, 6) is -0.589. The van der Waals surface area contributed by atoms with Gasteiger partial charge in [0, 0.05) is 24.1 Å². The Bertz CT molecular complexity index is 883. The van der Waals surface area contributed by atoms with Gasteiger partial charge >= 0.3 is 0 Å². The average molecular weight is 368 g/mol. The number of phenols is 4. The van der Waals surface area contributed by atoms with Crippen molar-refractivity contribution < 1.29 is 30.3 Å². The normalized spacial score (nSPS) is 17.8. The van der Waals surface area contributed by atoms with E-state index >= 15 is 0 Å². The molecule has 6 heteroatoms. The van der Waals surface area contributed by atoms with E-state index in [1.165, 1.54) is 30.3 Å². The van der Waals surface area contributed by atoms with Gasteiger partial charge in [-0.25, -0.2) is 0 Å². The molecule has 0 saturated heterocycles. The van der Waals surface area contributed by atoms with Gasteiger partial charge in [0.15, 0.2) is 11.5 Å². The summed E-state index contributed by atoms with van der Waals surface area (Å²) < 4.78 is 5.62. The summed E-state index contributed by atoms with van der Waals surface area (Å²) in [4.78, 5) is 0. The SMILES string of the molecule is Oc1cc(O)c2c(c1)O[C@H](c1ccc(O)c(O)c1)[C@@H](O)C2.c1ccccc1. The molecular formula is C21H20O6. The molecule has 0 aromatic heterocycles. The van der Waals surface area contributed by atoms with Crippen LogP contribution in [-0.4, -0.2) is 31.6 Å². The van der Waals surface area contributed by atoms with Crippen LogP contribution < -0.4 is 4.74 Å². The van der Waals surface area contributed by atoms with Crippen LogP contribution in [0.3, 0.4) is 0 Å². The molecule has 0 fully saturated rings. The monoisotopic (exact) mass is 368 g/mol. The fraction of sp³-hybridized carbons (Fsp3) is 0.143. The maximum atomic E-state index is 10.2. The zero-order valence-electron chi connectivity index (χ0n) is 14.4. The number of aliphatic hydroxyl groups is 1. The Morgan fingerprint density at radius 2 is 1.37 bits per heavy atom. The van der Waals surface area contributed by atoms with Crippen LogP contribution in [-0.2, 0) is 6.42 Å². The third kappa shape index (κ3) is 4.24. The number of hydrogen-bond donors (Lipinski definition) is 5. The maximum Gasteiger partial charge on any atom is 0.157 e. The first-order valence-corrected chi connectivity index (χ1v) is 8.37.